The summed E-state index contributed by atoms with van der Waals surface area (Å²) in [6.07, 6.45) is 0. The summed E-state index contributed by atoms with van der Waals surface area (Å²) in [5, 5.41) is 2.92. The Morgan fingerprint density at radius 3 is 2.38 bits per heavy atom. The molecule has 1 N–H and O–H groups in total. The van der Waals surface area contributed by atoms with E-state index in [0.717, 1.165) is 11.6 Å². The summed E-state index contributed by atoms with van der Waals surface area (Å²) in [4.78, 5) is 16.8. The van der Waals surface area contributed by atoms with E-state index in [9.17, 15) is 18.0 Å². The van der Waals surface area contributed by atoms with Gasteiger partial charge in [-0.2, -0.15) is 0 Å². The fourth-order valence-corrected chi connectivity index (χ4v) is 2.96. The Morgan fingerprint density at radius 2 is 1.65 bits per heavy atom. The minimum absolute atomic E-state index is 0.0671. The van der Waals surface area contributed by atoms with E-state index < -0.39 is 23.0 Å². The van der Waals surface area contributed by atoms with Crippen LogP contribution in [0.4, 0.5) is 13.2 Å². The average molecular weight is 355 g/mol. The van der Waals surface area contributed by atoms with E-state index >= 15 is 0 Å². The van der Waals surface area contributed by atoms with Crippen LogP contribution in [0.5, 0.6) is 0 Å². The summed E-state index contributed by atoms with van der Waals surface area (Å²) in [5.74, 6) is -3.50. The van der Waals surface area contributed by atoms with Crippen LogP contribution in [0.3, 0.4) is 0 Å². The molecule has 2 aromatic heterocycles. The molecule has 2 heterocycles. The van der Waals surface area contributed by atoms with E-state index in [1.165, 1.54) is 4.52 Å². The summed E-state index contributed by atoms with van der Waals surface area (Å²) in [7, 11) is 0. The summed E-state index contributed by atoms with van der Waals surface area (Å²) < 4.78 is 42.1. The van der Waals surface area contributed by atoms with Crippen LogP contribution in [-0.2, 0) is 0 Å². The maximum atomic E-state index is 14.1. The minimum atomic E-state index is -1.30. The first-order chi connectivity index (χ1) is 12.5. The van der Waals surface area contributed by atoms with Crippen molar-refractivity contribution in [2.45, 2.75) is 6.92 Å². The van der Waals surface area contributed by atoms with Crippen molar-refractivity contribution < 1.29 is 13.2 Å². The van der Waals surface area contributed by atoms with Crippen LogP contribution in [0, 0.1) is 24.4 Å². The zero-order chi connectivity index (χ0) is 18.4. The Bertz CT molecular complexity index is 1200. The molecule has 0 spiro atoms. The SMILES string of the molecule is Cc1[nH]n2c(=O)cc(-c3cc(F)c(F)cc3F)nc2c1-c1ccccc1. The number of aromatic amines is 1. The largest absolute Gasteiger partial charge is 0.293 e. The van der Waals surface area contributed by atoms with Crippen LogP contribution in [0.2, 0.25) is 0 Å². The number of fused-ring (bicyclic) bond motifs is 1. The third-order valence-corrected chi connectivity index (χ3v) is 4.15. The van der Waals surface area contributed by atoms with Crippen LogP contribution >= 0.6 is 0 Å². The summed E-state index contributed by atoms with van der Waals surface area (Å²) in [6, 6.07) is 11.5. The lowest BCUT2D eigenvalue weighted by molar-refractivity contribution is 0.496. The molecule has 0 saturated carbocycles. The van der Waals surface area contributed by atoms with Crippen LogP contribution in [0.15, 0.2) is 53.3 Å². The Hall–Kier alpha value is -3.35. The molecule has 0 bridgehead atoms. The smallest absolute Gasteiger partial charge is 0.273 e. The molecule has 0 atom stereocenters. The van der Waals surface area contributed by atoms with Gasteiger partial charge in [-0.05, 0) is 18.6 Å². The minimum Gasteiger partial charge on any atom is -0.293 e. The fraction of sp³-hybridized carbons (Fsp3) is 0.0526. The summed E-state index contributed by atoms with van der Waals surface area (Å²) in [6.45, 7) is 1.79. The quantitative estimate of drug-likeness (QED) is 0.551. The number of nitrogens with one attached hydrogen (secondary N) is 1. The average Bonchev–Trinajstić information content (AvgIpc) is 2.95. The van der Waals surface area contributed by atoms with Gasteiger partial charge in [0, 0.05) is 29.0 Å². The maximum Gasteiger partial charge on any atom is 0.273 e. The standard InChI is InChI=1S/C19H12F3N3O/c1-10-18(11-5-3-2-4-6-11)19-23-16(9-17(26)25(19)24-10)12-7-14(21)15(22)8-13(12)20/h2-9,24H,1H3. The van der Waals surface area contributed by atoms with Gasteiger partial charge in [0.25, 0.3) is 5.56 Å². The van der Waals surface area contributed by atoms with Crippen LogP contribution in [0.1, 0.15) is 5.69 Å². The van der Waals surface area contributed by atoms with Gasteiger partial charge in [-0.15, -0.1) is 0 Å². The van der Waals surface area contributed by atoms with Gasteiger partial charge in [0.1, 0.15) is 5.82 Å². The number of aryl methyl sites for hydroxylation is 1. The first-order valence-corrected chi connectivity index (χ1v) is 7.78. The lowest BCUT2D eigenvalue weighted by atomic mass is 10.1. The molecule has 0 aliphatic heterocycles. The highest BCUT2D eigenvalue weighted by molar-refractivity contribution is 5.81. The first-order valence-electron chi connectivity index (χ1n) is 7.78. The number of halogens is 3. The number of benzene rings is 2. The molecule has 0 radical (unpaired) electrons. The molecule has 0 saturated heterocycles. The number of hydrogen-bond donors (Lipinski definition) is 1. The van der Waals surface area contributed by atoms with Gasteiger partial charge in [0.2, 0.25) is 0 Å². The number of nitrogens with zero attached hydrogens (tertiary/aromatic N) is 2. The molecule has 7 heteroatoms. The molecule has 130 valence electrons. The zero-order valence-electron chi connectivity index (χ0n) is 13.6. The van der Waals surface area contributed by atoms with E-state index in [0.29, 0.717) is 23.4 Å². The van der Waals surface area contributed by atoms with Gasteiger partial charge in [-0.1, -0.05) is 30.3 Å². The van der Waals surface area contributed by atoms with Crippen molar-refractivity contribution in [2.75, 3.05) is 0 Å². The topological polar surface area (TPSA) is 50.2 Å². The lowest BCUT2D eigenvalue weighted by Gasteiger charge is -2.05. The second kappa shape index (κ2) is 5.87. The van der Waals surface area contributed by atoms with E-state index in [1.54, 1.807) is 6.92 Å². The Morgan fingerprint density at radius 1 is 0.962 bits per heavy atom. The molecular weight excluding hydrogens is 343 g/mol. The third-order valence-electron chi connectivity index (χ3n) is 4.15. The molecule has 0 aliphatic carbocycles. The predicted octanol–water partition coefficient (Wildman–Crippen LogP) is 4.08. The second-order valence-corrected chi connectivity index (χ2v) is 5.86. The second-order valence-electron chi connectivity index (χ2n) is 5.86. The van der Waals surface area contributed by atoms with Crippen molar-refractivity contribution in [3.05, 3.63) is 82.0 Å². The molecule has 0 aliphatic rings. The molecule has 0 amide bonds. The van der Waals surface area contributed by atoms with Gasteiger partial charge in [-0.3, -0.25) is 9.89 Å². The number of rotatable bonds is 2. The Kier molecular flexibility index (Phi) is 3.64. The van der Waals surface area contributed by atoms with Crippen molar-refractivity contribution in [1.29, 1.82) is 0 Å². The number of hydrogen-bond acceptors (Lipinski definition) is 2. The molecule has 26 heavy (non-hydrogen) atoms. The third kappa shape index (κ3) is 2.48. The van der Waals surface area contributed by atoms with Crippen molar-refractivity contribution in [2.24, 2.45) is 0 Å². The molecule has 2 aromatic carbocycles. The first kappa shape index (κ1) is 16.1. The van der Waals surface area contributed by atoms with Gasteiger partial charge in [0.15, 0.2) is 17.3 Å². The molecule has 0 unspecified atom stereocenters. The van der Waals surface area contributed by atoms with E-state index in [1.807, 2.05) is 30.3 Å². The van der Waals surface area contributed by atoms with Crippen LogP contribution < -0.4 is 5.56 Å². The van der Waals surface area contributed by atoms with E-state index in [4.69, 9.17) is 0 Å². The molecule has 4 aromatic rings. The zero-order valence-corrected chi connectivity index (χ0v) is 13.6. The van der Waals surface area contributed by atoms with Gasteiger partial charge in [-0.25, -0.2) is 22.7 Å². The van der Waals surface area contributed by atoms with Gasteiger partial charge in [0.05, 0.1) is 5.69 Å². The monoisotopic (exact) mass is 355 g/mol. The highest BCUT2D eigenvalue weighted by Gasteiger charge is 2.18. The Labute approximate surface area is 145 Å². The number of H-pyrrole nitrogens is 1. The highest BCUT2D eigenvalue weighted by Crippen LogP contribution is 2.29. The van der Waals surface area contributed by atoms with E-state index in [2.05, 4.69) is 10.1 Å². The van der Waals surface area contributed by atoms with E-state index in [-0.39, 0.29) is 16.9 Å². The maximum absolute atomic E-state index is 14.1. The van der Waals surface area contributed by atoms with Gasteiger partial charge < -0.3 is 0 Å². The van der Waals surface area contributed by atoms with Crippen molar-refractivity contribution in [3.8, 4) is 22.4 Å². The molecular formula is C19H12F3N3O. The summed E-state index contributed by atoms with van der Waals surface area (Å²) >= 11 is 0. The number of aromatic nitrogens is 3. The van der Waals surface area contributed by atoms with Crippen LogP contribution in [-0.4, -0.2) is 14.6 Å². The Balaban J connectivity index is 2.03. The van der Waals surface area contributed by atoms with Crippen molar-refractivity contribution in [1.82, 2.24) is 14.6 Å². The fourth-order valence-electron chi connectivity index (χ4n) is 2.96. The highest BCUT2D eigenvalue weighted by atomic mass is 19.2. The van der Waals surface area contributed by atoms with Crippen LogP contribution in [0.25, 0.3) is 28.0 Å². The molecule has 4 nitrogen and oxygen atoms in total. The van der Waals surface area contributed by atoms with Crippen molar-refractivity contribution in [3.63, 3.8) is 0 Å². The normalized spacial score (nSPS) is 11.2. The molecule has 0 fully saturated rings. The predicted molar refractivity (Wildman–Crippen MR) is 91.3 cm³/mol. The molecule has 4 rings (SSSR count). The lowest BCUT2D eigenvalue weighted by Crippen LogP contribution is -2.14. The van der Waals surface area contributed by atoms with Gasteiger partial charge >= 0.3 is 0 Å². The van der Waals surface area contributed by atoms with Crippen molar-refractivity contribution >= 4 is 5.65 Å². The summed E-state index contributed by atoms with van der Waals surface area (Å²) in [5.41, 5.74) is 1.64.